The van der Waals surface area contributed by atoms with Gasteiger partial charge >= 0.3 is 5.56 Å². The SMILES string of the molecule is COc1ccc(COc2cc(CO)nn(Cc3ccc(OC)cc3)c2=O)cc1.COc1ccc(Cn2nc(CO)cc(Br)c2=O)cc1. The number of aliphatic hydroxyl groups is 2. The van der Waals surface area contributed by atoms with Crippen molar-refractivity contribution < 1.29 is 29.2 Å². The molecule has 246 valence electrons. The lowest BCUT2D eigenvalue weighted by molar-refractivity contribution is 0.265. The summed E-state index contributed by atoms with van der Waals surface area (Å²) < 4.78 is 24.0. The summed E-state index contributed by atoms with van der Waals surface area (Å²) in [4.78, 5) is 24.6. The van der Waals surface area contributed by atoms with E-state index >= 15 is 0 Å². The second kappa shape index (κ2) is 17.1. The Morgan fingerprint density at radius 2 is 1.02 bits per heavy atom. The van der Waals surface area contributed by atoms with E-state index in [1.807, 2.05) is 72.8 Å². The van der Waals surface area contributed by atoms with Crippen LogP contribution in [0.15, 0.2) is 99.0 Å². The molecule has 2 aromatic heterocycles. The molecule has 0 amide bonds. The van der Waals surface area contributed by atoms with Crippen molar-refractivity contribution >= 4 is 15.9 Å². The van der Waals surface area contributed by atoms with E-state index in [0.29, 0.717) is 22.4 Å². The van der Waals surface area contributed by atoms with E-state index < -0.39 is 0 Å². The summed E-state index contributed by atoms with van der Waals surface area (Å²) in [5, 5.41) is 26.9. The van der Waals surface area contributed by atoms with Gasteiger partial charge in [-0.2, -0.15) is 10.2 Å². The average Bonchev–Trinajstić information content (AvgIpc) is 3.11. The molecule has 0 atom stereocenters. The minimum absolute atomic E-state index is 0.142. The maximum absolute atomic E-state index is 12.7. The minimum atomic E-state index is -0.360. The van der Waals surface area contributed by atoms with Crippen LogP contribution < -0.4 is 30.1 Å². The molecule has 0 bridgehead atoms. The molecule has 12 nitrogen and oxygen atoms in total. The largest absolute Gasteiger partial charge is 0.497 e. The van der Waals surface area contributed by atoms with E-state index in [0.717, 1.165) is 33.9 Å². The van der Waals surface area contributed by atoms with Crippen LogP contribution in [0, 0.1) is 0 Å². The third-order valence-corrected chi connectivity index (χ3v) is 7.40. The number of nitrogens with zero attached hydrogens (tertiary/aromatic N) is 4. The fraction of sp³-hybridized carbons (Fsp3) is 0.235. The Morgan fingerprint density at radius 1 is 0.617 bits per heavy atom. The number of methoxy groups -OCH3 is 3. The highest BCUT2D eigenvalue weighted by Gasteiger charge is 2.11. The summed E-state index contributed by atoms with van der Waals surface area (Å²) >= 11 is 3.17. The van der Waals surface area contributed by atoms with E-state index in [4.69, 9.17) is 24.1 Å². The van der Waals surface area contributed by atoms with Crippen molar-refractivity contribution in [3.8, 4) is 23.0 Å². The lowest BCUT2D eigenvalue weighted by Crippen LogP contribution is -2.26. The molecule has 0 fully saturated rings. The van der Waals surface area contributed by atoms with Crippen LogP contribution >= 0.6 is 15.9 Å². The summed E-state index contributed by atoms with van der Waals surface area (Å²) in [5.74, 6) is 2.38. The van der Waals surface area contributed by atoms with Gasteiger partial charge in [-0.05, 0) is 75.1 Å². The lowest BCUT2D eigenvalue weighted by atomic mass is 10.2. The first kappa shape index (κ1) is 34.9. The van der Waals surface area contributed by atoms with Gasteiger partial charge in [0.1, 0.15) is 23.9 Å². The van der Waals surface area contributed by atoms with E-state index in [-0.39, 0.29) is 43.2 Å². The maximum Gasteiger partial charge on any atom is 0.309 e. The molecular weight excluding hydrogens is 672 g/mol. The van der Waals surface area contributed by atoms with Crippen LogP contribution in [0.25, 0.3) is 0 Å². The molecule has 0 aliphatic carbocycles. The number of aromatic nitrogens is 4. The zero-order valence-electron chi connectivity index (χ0n) is 26.1. The summed E-state index contributed by atoms with van der Waals surface area (Å²) in [6.45, 7) is 0.324. The summed E-state index contributed by atoms with van der Waals surface area (Å²) in [6, 6.07) is 25.1. The first-order valence-corrected chi connectivity index (χ1v) is 15.2. The Balaban J connectivity index is 0.000000229. The molecular formula is C34H35BrN4O8. The van der Waals surface area contributed by atoms with E-state index in [1.54, 1.807) is 21.3 Å². The Bertz CT molecular complexity index is 1860. The fourth-order valence-electron chi connectivity index (χ4n) is 4.29. The first-order chi connectivity index (χ1) is 22.8. The zero-order chi connectivity index (χ0) is 33.8. The molecule has 47 heavy (non-hydrogen) atoms. The predicted octanol–water partition coefficient (Wildman–Crippen LogP) is 3.94. The standard InChI is InChI=1S/C21H22N2O5.C13H13BrN2O3/c1-26-18-7-3-15(4-8-18)12-23-21(25)20(11-17(13-24)22-23)28-14-16-5-9-19(27-2)10-6-16;1-19-11-4-2-9(3-5-11)7-16-13(18)12(14)6-10(8-17)15-16/h3-11,24H,12-14H2,1-2H3;2-6,17H,7-8H2,1H3. The molecule has 0 saturated carbocycles. The number of rotatable bonds is 12. The molecule has 0 radical (unpaired) electrons. The van der Waals surface area contributed by atoms with E-state index in [9.17, 15) is 14.7 Å². The lowest BCUT2D eigenvalue weighted by Gasteiger charge is -2.11. The molecule has 0 aliphatic rings. The van der Waals surface area contributed by atoms with Crippen molar-refractivity contribution in [1.29, 1.82) is 0 Å². The summed E-state index contributed by atoms with van der Waals surface area (Å²) in [6.07, 6.45) is 0. The summed E-state index contributed by atoms with van der Waals surface area (Å²) in [7, 11) is 4.80. The molecule has 0 unspecified atom stereocenters. The van der Waals surface area contributed by atoms with Crippen LogP contribution in [-0.4, -0.2) is 51.1 Å². The molecule has 5 rings (SSSR count). The second-order valence-electron chi connectivity index (χ2n) is 10.1. The molecule has 0 aliphatic heterocycles. The molecule has 13 heteroatoms. The van der Waals surface area contributed by atoms with Crippen molar-refractivity contribution in [3.05, 3.63) is 138 Å². The minimum Gasteiger partial charge on any atom is -0.497 e. The zero-order valence-corrected chi connectivity index (χ0v) is 27.7. The van der Waals surface area contributed by atoms with Gasteiger partial charge in [0.25, 0.3) is 5.56 Å². The Kier molecular flexibility index (Phi) is 12.7. The van der Waals surface area contributed by atoms with E-state index in [2.05, 4.69) is 26.1 Å². The number of halogens is 1. The van der Waals surface area contributed by atoms with Gasteiger partial charge in [0.05, 0.1) is 63.5 Å². The third-order valence-electron chi connectivity index (χ3n) is 6.83. The molecule has 3 aromatic carbocycles. The number of hydrogen-bond acceptors (Lipinski definition) is 10. The highest BCUT2D eigenvalue weighted by molar-refractivity contribution is 9.10. The van der Waals surface area contributed by atoms with Crippen molar-refractivity contribution in [2.45, 2.75) is 32.9 Å². The molecule has 2 heterocycles. The molecule has 2 N–H and O–H groups in total. The fourth-order valence-corrected chi connectivity index (χ4v) is 4.76. The number of aliphatic hydroxyl groups excluding tert-OH is 2. The van der Waals surface area contributed by atoms with Gasteiger partial charge in [0.2, 0.25) is 0 Å². The van der Waals surface area contributed by atoms with E-state index in [1.165, 1.54) is 21.5 Å². The van der Waals surface area contributed by atoms with Crippen molar-refractivity contribution in [3.63, 3.8) is 0 Å². The number of hydrogen-bond donors (Lipinski definition) is 2. The Labute approximate surface area is 279 Å². The maximum atomic E-state index is 12.7. The molecule has 0 saturated heterocycles. The Hall–Kier alpha value is -4.98. The van der Waals surface area contributed by atoms with Crippen LogP contribution in [0.4, 0.5) is 0 Å². The molecule has 0 spiro atoms. The number of benzene rings is 3. The van der Waals surface area contributed by atoms with Gasteiger partial charge in [0.15, 0.2) is 5.75 Å². The van der Waals surface area contributed by atoms with Gasteiger partial charge in [-0.25, -0.2) is 9.36 Å². The van der Waals surface area contributed by atoms with Crippen LogP contribution in [0.1, 0.15) is 28.1 Å². The van der Waals surface area contributed by atoms with Gasteiger partial charge in [0, 0.05) is 6.07 Å². The summed E-state index contributed by atoms with van der Waals surface area (Å²) in [5.41, 5.74) is 2.92. The quantitative estimate of drug-likeness (QED) is 0.196. The Morgan fingerprint density at radius 3 is 1.45 bits per heavy atom. The first-order valence-electron chi connectivity index (χ1n) is 14.4. The van der Waals surface area contributed by atoms with Crippen molar-refractivity contribution in [2.75, 3.05) is 21.3 Å². The van der Waals surface area contributed by atoms with Gasteiger partial charge in [-0.3, -0.25) is 9.59 Å². The van der Waals surface area contributed by atoms with Gasteiger partial charge in [-0.15, -0.1) is 0 Å². The van der Waals surface area contributed by atoms with Crippen LogP contribution in [-0.2, 0) is 32.9 Å². The second-order valence-corrected chi connectivity index (χ2v) is 10.9. The smallest absolute Gasteiger partial charge is 0.309 e. The number of ether oxygens (including phenoxy) is 4. The van der Waals surface area contributed by atoms with Gasteiger partial charge in [-0.1, -0.05) is 36.4 Å². The highest BCUT2D eigenvalue weighted by Crippen LogP contribution is 2.16. The van der Waals surface area contributed by atoms with Crippen molar-refractivity contribution in [1.82, 2.24) is 19.6 Å². The predicted molar refractivity (Wildman–Crippen MR) is 178 cm³/mol. The third kappa shape index (κ3) is 9.75. The van der Waals surface area contributed by atoms with Crippen LogP contribution in [0.2, 0.25) is 0 Å². The molecule has 5 aromatic rings. The monoisotopic (exact) mass is 706 g/mol. The van der Waals surface area contributed by atoms with Crippen molar-refractivity contribution in [2.24, 2.45) is 0 Å². The highest BCUT2D eigenvalue weighted by atomic mass is 79.9. The topological polar surface area (TPSA) is 147 Å². The van der Waals surface area contributed by atoms with Crippen LogP contribution in [0.5, 0.6) is 23.0 Å². The average molecular weight is 708 g/mol. The van der Waals surface area contributed by atoms with Crippen LogP contribution in [0.3, 0.4) is 0 Å². The normalized spacial score (nSPS) is 10.5. The van der Waals surface area contributed by atoms with Gasteiger partial charge < -0.3 is 29.2 Å².